The number of benzene rings is 1. The molecular weight excluding hydrogens is 348 g/mol. The summed E-state index contributed by atoms with van der Waals surface area (Å²) < 4.78 is 40.4. The molecule has 0 saturated heterocycles. The van der Waals surface area contributed by atoms with Crippen LogP contribution in [0.15, 0.2) is 34.9 Å². The number of rotatable bonds is 7. The van der Waals surface area contributed by atoms with Crippen molar-refractivity contribution in [2.75, 3.05) is 31.8 Å². The van der Waals surface area contributed by atoms with Crippen LogP contribution in [0.2, 0.25) is 0 Å². The second kappa shape index (κ2) is 7.47. The Bertz CT molecular complexity index is 846. The zero-order chi connectivity index (χ0) is 18.6. The zero-order valence-corrected chi connectivity index (χ0v) is 15.2. The van der Waals surface area contributed by atoms with Crippen molar-refractivity contribution in [3.8, 4) is 11.5 Å². The summed E-state index contributed by atoms with van der Waals surface area (Å²) in [6, 6.07) is 6.31. The van der Waals surface area contributed by atoms with Crippen molar-refractivity contribution >= 4 is 21.6 Å². The molecule has 0 atom stereocenters. The topological polar surface area (TPSA) is 98.1 Å². The van der Waals surface area contributed by atoms with Crippen LogP contribution < -0.4 is 19.1 Å². The molecule has 1 amide bonds. The molecule has 0 unspecified atom stereocenters. The molecule has 0 radical (unpaired) electrons. The van der Waals surface area contributed by atoms with Gasteiger partial charge < -0.3 is 19.2 Å². The fourth-order valence-electron chi connectivity index (χ4n) is 2.17. The van der Waals surface area contributed by atoms with Gasteiger partial charge in [-0.15, -0.1) is 0 Å². The quantitative estimate of drug-likeness (QED) is 0.797. The molecule has 0 aliphatic heterocycles. The summed E-state index contributed by atoms with van der Waals surface area (Å²) in [6.45, 7) is 0.169. The number of carbonyl (C=O) groups is 1. The number of hydrogen-bond acceptors (Lipinski definition) is 6. The lowest BCUT2D eigenvalue weighted by atomic mass is 10.1. The van der Waals surface area contributed by atoms with E-state index in [9.17, 15) is 13.2 Å². The number of ether oxygens (including phenoxy) is 2. The number of nitrogens with one attached hydrogen (secondary N) is 1. The van der Waals surface area contributed by atoms with Gasteiger partial charge in [-0.1, -0.05) is 0 Å². The van der Waals surface area contributed by atoms with Gasteiger partial charge in [0.05, 0.1) is 44.5 Å². The minimum Gasteiger partial charge on any atom is -0.493 e. The summed E-state index contributed by atoms with van der Waals surface area (Å²) in [4.78, 5) is 12.6. The van der Waals surface area contributed by atoms with Gasteiger partial charge >= 0.3 is 0 Å². The van der Waals surface area contributed by atoms with Crippen molar-refractivity contribution in [1.82, 2.24) is 5.32 Å². The molecule has 1 N–H and O–H groups in total. The molecule has 0 aliphatic carbocycles. The molecule has 1 aromatic carbocycles. The third-order valence-corrected chi connectivity index (χ3v) is 4.78. The van der Waals surface area contributed by atoms with Crippen LogP contribution in [0.5, 0.6) is 11.5 Å². The molecular formula is C16H20N2O6S. The van der Waals surface area contributed by atoms with Gasteiger partial charge in [0.2, 0.25) is 10.0 Å². The molecule has 2 aromatic rings. The van der Waals surface area contributed by atoms with Gasteiger partial charge in [-0.25, -0.2) is 8.42 Å². The van der Waals surface area contributed by atoms with E-state index in [2.05, 4.69) is 5.32 Å². The van der Waals surface area contributed by atoms with Crippen molar-refractivity contribution < 1.29 is 27.1 Å². The lowest BCUT2D eigenvalue weighted by Gasteiger charge is -2.22. The van der Waals surface area contributed by atoms with E-state index in [1.54, 1.807) is 12.1 Å². The van der Waals surface area contributed by atoms with Crippen molar-refractivity contribution in [3.05, 3.63) is 41.9 Å². The minimum atomic E-state index is -3.58. The van der Waals surface area contributed by atoms with Gasteiger partial charge in [0.25, 0.3) is 5.91 Å². The Morgan fingerprint density at radius 3 is 2.40 bits per heavy atom. The summed E-state index contributed by atoms with van der Waals surface area (Å²) in [7, 11) is 0.647. The second-order valence-corrected chi connectivity index (χ2v) is 7.23. The SMILES string of the molecule is COc1cc(C(=O)NCc2ccco2)c(N(C)S(C)(=O)=O)cc1OC. The Labute approximate surface area is 146 Å². The van der Waals surface area contributed by atoms with E-state index in [4.69, 9.17) is 13.9 Å². The van der Waals surface area contributed by atoms with Crippen LogP contribution in [0.3, 0.4) is 0 Å². The Balaban J connectivity index is 2.43. The summed E-state index contributed by atoms with van der Waals surface area (Å²) in [5.41, 5.74) is 0.314. The first-order chi connectivity index (χ1) is 11.8. The minimum absolute atomic E-state index is 0.136. The molecule has 0 spiro atoms. The number of amides is 1. The first kappa shape index (κ1) is 18.7. The normalized spacial score (nSPS) is 11.0. The monoisotopic (exact) mass is 368 g/mol. The lowest BCUT2D eigenvalue weighted by Crippen LogP contribution is -2.30. The maximum absolute atomic E-state index is 12.6. The number of anilines is 1. The van der Waals surface area contributed by atoms with Crippen LogP contribution >= 0.6 is 0 Å². The molecule has 25 heavy (non-hydrogen) atoms. The van der Waals surface area contributed by atoms with Crippen LogP contribution in [0.4, 0.5) is 5.69 Å². The first-order valence-electron chi connectivity index (χ1n) is 7.28. The van der Waals surface area contributed by atoms with E-state index < -0.39 is 15.9 Å². The van der Waals surface area contributed by atoms with Crippen molar-refractivity contribution in [2.24, 2.45) is 0 Å². The maximum atomic E-state index is 12.6. The molecule has 0 bridgehead atoms. The molecule has 0 fully saturated rings. The van der Waals surface area contributed by atoms with Gasteiger partial charge in [0, 0.05) is 13.1 Å². The molecule has 9 heteroatoms. The zero-order valence-electron chi connectivity index (χ0n) is 14.4. The van der Waals surface area contributed by atoms with E-state index in [0.29, 0.717) is 17.3 Å². The molecule has 0 aliphatic rings. The van der Waals surface area contributed by atoms with E-state index in [1.165, 1.54) is 39.7 Å². The van der Waals surface area contributed by atoms with Crippen LogP contribution in [-0.4, -0.2) is 41.8 Å². The third kappa shape index (κ3) is 4.24. The van der Waals surface area contributed by atoms with Crippen molar-refractivity contribution in [1.29, 1.82) is 0 Å². The summed E-state index contributed by atoms with van der Waals surface area (Å²) in [5, 5.41) is 2.69. The van der Waals surface area contributed by atoms with Gasteiger partial charge in [0.15, 0.2) is 11.5 Å². The smallest absolute Gasteiger partial charge is 0.253 e. The van der Waals surface area contributed by atoms with Crippen LogP contribution in [0, 0.1) is 0 Å². The Kier molecular flexibility index (Phi) is 5.58. The highest BCUT2D eigenvalue weighted by molar-refractivity contribution is 7.92. The van der Waals surface area contributed by atoms with Crippen LogP contribution in [-0.2, 0) is 16.6 Å². The third-order valence-electron chi connectivity index (χ3n) is 3.59. The summed E-state index contributed by atoms with van der Waals surface area (Å²) in [6.07, 6.45) is 2.55. The predicted octanol–water partition coefficient (Wildman–Crippen LogP) is 1.62. The highest BCUT2D eigenvalue weighted by atomic mass is 32.2. The van der Waals surface area contributed by atoms with Crippen molar-refractivity contribution in [3.63, 3.8) is 0 Å². The lowest BCUT2D eigenvalue weighted by molar-refractivity contribution is 0.0948. The van der Waals surface area contributed by atoms with Gasteiger partial charge in [-0.2, -0.15) is 0 Å². The second-order valence-electron chi connectivity index (χ2n) is 5.22. The van der Waals surface area contributed by atoms with Crippen LogP contribution in [0.25, 0.3) is 0 Å². The predicted molar refractivity (Wildman–Crippen MR) is 92.7 cm³/mol. The Morgan fingerprint density at radius 2 is 1.88 bits per heavy atom. The summed E-state index contributed by atoms with van der Waals surface area (Å²) in [5.74, 6) is 0.738. The van der Waals surface area contributed by atoms with Crippen molar-refractivity contribution in [2.45, 2.75) is 6.54 Å². The number of methoxy groups -OCH3 is 2. The fourth-order valence-corrected chi connectivity index (χ4v) is 2.67. The fraction of sp³-hybridized carbons (Fsp3) is 0.312. The molecule has 2 rings (SSSR count). The molecule has 1 heterocycles. The Morgan fingerprint density at radius 1 is 1.24 bits per heavy atom. The average molecular weight is 368 g/mol. The van der Waals surface area contributed by atoms with E-state index in [1.807, 2.05) is 0 Å². The number of sulfonamides is 1. The Hall–Kier alpha value is -2.68. The van der Waals surface area contributed by atoms with Gasteiger partial charge in [0.1, 0.15) is 5.76 Å². The number of nitrogens with zero attached hydrogens (tertiary/aromatic N) is 1. The largest absolute Gasteiger partial charge is 0.493 e. The number of carbonyl (C=O) groups excluding carboxylic acids is 1. The van der Waals surface area contributed by atoms with E-state index >= 15 is 0 Å². The number of hydrogen-bond donors (Lipinski definition) is 1. The van der Waals surface area contributed by atoms with E-state index in [-0.39, 0.29) is 17.8 Å². The first-order valence-corrected chi connectivity index (χ1v) is 9.13. The number of furan rings is 1. The van der Waals surface area contributed by atoms with Gasteiger partial charge in [-0.3, -0.25) is 9.10 Å². The molecule has 1 aromatic heterocycles. The molecule has 0 saturated carbocycles. The van der Waals surface area contributed by atoms with Gasteiger partial charge in [-0.05, 0) is 18.2 Å². The standard InChI is InChI=1S/C16H20N2O6S/c1-18(25(4,20)21)13-9-15(23-3)14(22-2)8-12(13)16(19)17-10-11-6-5-7-24-11/h5-9H,10H2,1-4H3,(H,17,19). The van der Waals surface area contributed by atoms with Crippen LogP contribution in [0.1, 0.15) is 16.1 Å². The average Bonchev–Trinajstić information content (AvgIpc) is 3.10. The molecule has 8 nitrogen and oxygen atoms in total. The summed E-state index contributed by atoms with van der Waals surface area (Å²) >= 11 is 0. The highest BCUT2D eigenvalue weighted by Crippen LogP contribution is 2.35. The molecule has 136 valence electrons. The van der Waals surface area contributed by atoms with E-state index in [0.717, 1.165) is 10.6 Å². The maximum Gasteiger partial charge on any atom is 0.253 e. The highest BCUT2D eigenvalue weighted by Gasteiger charge is 2.23.